The van der Waals surface area contributed by atoms with Gasteiger partial charge in [-0.05, 0) is 32.1 Å². The molecule has 0 aliphatic rings. The topological polar surface area (TPSA) is 80.3 Å². The van der Waals surface area contributed by atoms with Gasteiger partial charge in [-0.25, -0.2) is 0 Å². The average Bonchev–Trinajstić information content (AvgIpc) is 2.37. The van der Waals surface area contributed by atoms with Gasteiger partial charge in [-0.2, -0.15) is 0 Å². The van der Waals surface area contributed by atoms with Crippen LogP contribution in [0.2, 0.25) is 0 Å². The Balaban J connectivity index is 4.01. The molecule has 0 unspecified atom stereocenters. The molecule has 0 aromatic carbocycles. The molecule has 0 aromatic rings. The minimum Gasteiger partial charge on any atom is -0.550 e. The van der Waals surface area contributed by atoms with Crippen molar-refractivity contribution in [3.05, 3.63) is 0 Å². The van der Waals surface area contributed by atoms with Crippen LogP contribution in [0.1, 0.15) is 84.5 Å². The first kappa shape index (κ1) is 18.9. The van der Waals surface area contributed by atoms with Crippen molar-refractivity contribution in [2.24, 2.45) is 5.41 Å². The van der Waals surface area contributed by atoms with Crippen molar-refractivity contribution in [3.63, 3.8) is 0 Å². The van der Waals surface area contributed by atoms with Gasteiger partial charge in [0, 0.05) is 17.4 Å². The number of unbranched alkanes of at least 4 members (excludes halogenated alkanes) is 4. The van der Waals surface area contributed by atoms with Gasteiger partial charge in [-0.15, -0.1) is 0 Å². The standard InChI is InChI=1S/C16H30O4/c1-3-11-16(12-4-2,15(19)20)13-9-7-5-6-8-10-14(17)18/h3-13H2,1-2H3,(H,17,18)(H,19,20)/p-2. The van der Waals surface area contributed by atoms with Crippen molar-refractivity contribution in [3.8, 4) is 0 Å². The number of carboxylic acid groups (broad SMARTS) is 2. The minimum absolute atomic E-state index is 0.120. The van der Waals surface area contributed by atoms with E-state index >= 15 is 0 Å². The highest BCUT2D eigenvalue weighted by Crippen LogP contribution is 2.35. The molecule has 4 nitrogen and oxygen atoms in total. The summed E-state index contributed by atoms with van der Waals surface area (Å²) in [7, 11) is 0. The Labute approximate surface area is 122 Å². The molecule has 4 heteroatoms. The van der Waals surface area contributed by atoms with Gasteiger partial charge >= 0.3 is 0 Å². The fourth-order valence-electron chi connectivity index (χ4n) is 2.90. The van der Waals surface area contributed by atoms with Gasteiger partial charge in [0.15, 0.2) is 0 Å². The van der Waals surface area contributed by atoms with Crippen LogP contribution in [0.5, 0.6) is 0 Å². The van der Waals surface area contributed by atoms with Crippen LogP contribution in [0.3, 0.4) is 0 Å². The molecule has 0 aromatic heterocycles. The lowest BCUT2D eigenvalue weighted by Crippen LogP contribution is -2.42. The van der Waals surface area contributed by atoms with E-state index in [1.165, 1.54) is 0 Å². The maximum Gasteiger partial charge on any atom is 0.0476 e. The van der Waals surface area contributed by atoms with Gasteiger partial charge in [-0.3, -0.25) is 0 Å². The SMILES string of the molecule is CCCC(CCC)(CCCCCCCC(=O)[O-])C(=O)[O-]. The van der Waals surface area contributed by atoms with Crippen molar-refractivity contribution >= 4 is 11.9 Å². The van der Waals surface area contributed by atoms with Crippen LogP contribution >= 0.6 is 0 Å². The monoisotopic (exact) mass is 284 g/mol. The molecule has 0 N–H and O–H groups in total. The molecule has 20 heavy (non-hydrogen) atoms. The first-order valence-electron chi connectivity index (χ1n) is 7.89. The van der Waals surface area contributed by atoms with E-state index in [9.17, 15) is 19.8 Å². The first-order chi connectivity index (χ1) is 9.48. The third-order valence-electron chi connectivity index (χ3n) is 3.93. The van der Waals surface area contributed by atoms with E-state index in [0.717, 1.165) is 38.5 Å². The van der Waals surface area contributed by atoms with Crippen molar-refractivity contribution in [2.75, 3.05) is 0 Å². The predicted molar refractivity (Wildman–Crippen MR) is 74.6 cm³/mol. The maximum absolute atomic E-state index is 11.5. The van der Waals surface area contributed by atoms with Gasteiger partial charge in [0.25, 0.3) is 0 Å². The fraction of sp³-hybridized carbons (Fsp3) is 0.875. The van der Waals surface area contributed by atoms with Gasteiger partial charge in [0.05, 0.1) is 0 Å². The summed E-state index contributed by atoms with van der Waals surface area (Å²) in [5.74, 6) is -1.90. The summed E-state index contributed by atoms with van der Waals surface area (Å²) < 4.78 is 0. The van der Waals surface area contributed by atoms with Crippen LogP contribution in [0.15, 0.2) is 0 Å². The van der Waals surface area contributed by atoms with E-state index < -0.39 is 17.4 Å². The smallest absolute Gasteiger partial charge is 0.0476 e. The van der Waals surface area contributed by atoms with Crippen molar-refractivity contribution in [2.45, 2.75) is 84.5 Å². The molecular weight excluding hydrogens is 256 g/mol. The third kappa shape index (κ3) is 7.51. The lowest BCUT2D eigenvalue weighted by Gasteiger charge is -2.35. The van der Waals surface area contributed by atoms with Crippen LogP contribution in [-0.2, 0) is 9.59 Å². The molecule has 118 valence electrons. The van der Waals surface area contributed by atoms with Gasteiger partial charge in [0.2, 0.25) is 0 Å². The summed E-state index contributed by atoms with van der Waals surface area (Å²) in [4.78, 5) is 21.7. The van der Waals surface area contributed by atoms with Gasteiger partial charge in [0.1, 0.15) is 0 Å². The highest BCUT2D eigenvalue weighted by Gasteiger charge is 2.29. The van der Waals surface area contributed by atoms with Gasteiger partial charge in [-0.1, -0.05) is 52.4 Å². The lowest BCUT2D eigenvalue weighted by atomic mass is 9.75. The van der Waals surface area contributed by atoms with E-state index in [4.69, 9.17) is 0 Å². The van der Waals surface area contributed by atoms with Crippen LogP contribution < -0.4 is 10.2 Å². The molecule has 0 fully saturated rings. The van der Waals surface area contributed by atoms with Crippen molar-refractivity contribution < 1.29 is 19.8 Å². The summed E-state index contributed by atoms with van der Waals surface area (Å²) in [6.45, 7) is 4.01. The summed E-state index contributed by atoms with van der Waals surface area (Å²) in [5.41, 5.74) is -0.658. The second-order valence-corrected chi connectivity index (χ2v) is 5.71. The number of carbonyl (C=O) groups is 2. The Kier molecular flexibility index (Phi) is 10.1. The van der Waals surface area contributed by atoms with E-state index in [0.29, 0.717) is 25.7 Å². The molecular formula is C16H28O4-2. The molecule has 0 radical (unpaired) electrons. The van der Waals surface area contributed by atoms with Crippen LogP contribution in [0.4, 0.5) is 0 Å². The molecule has 0 saturated carbocycles. The zero-order valence-electron chi connectivity index (χ0n) is 12.9. The number of rotatable bonds is 13. The minimum atomic E-state index is -0.994. The van der Waals surface area contributed by atoms with E-state index in [2.05, 4.69) is 0 Å². The Morgan fingerprint density at radius 1 is 0.800 bits per heavy atom. The second kappa shape index (κ2) is 10.7. The van der Waals surface area contributed by atoms with Crippen molar-refractivity contribution in [1.29, 1.82) is 0 Å². The summed E-state index contributed by atoms with van der Waals surface area (Å²) in [6.07, 6.45) is 8.20. The lowest BCUT2D eigenvalue weighted by molar-refractivity contribution is -0.321. The van der Waals surface area contributed by atoms with Crippen molar-refractivity contribution in [1.82, 2.24) is 0 Å². The number of carboxylic acids is 2. The summed E-state index contributed by atoms with van der Waals surface area (Å²) >= 11 is 0. The third-order valence-corrected chi connectivity index (χ3v) is 3.93. The van der Waals surface area contributed by atoms with Crippen LogP contribution in [-0.4, -0.2) is 11.9 Å². The molecule has 0 rings (SSSR count). The molecule has 0 aliphatic heterocycles. The Morgan fingerprint density at radius 3 is 1.75 bits per heavy atom. The molecule has 0 heterocycles. The summed E-state index contributed by atoms with van der Waals surface area (Å²) in [5, 5.41) is 21.7. The Bertz CT molecular complexity index is 280. The second-order valence-electron chi connectivity index (χ2n) is 5.71. The number of carbonyl (C=O) groups excluding carboxylic acids is 2. The van der Waals surface area contributed by atoms with Crippen LogP contribution in [0.25, 0.3) is 0 Å². The quantitative estimate of drug-likeness (QED) is 0.483. The molecule has 0 atom stereocenters. The highest BCUT2D eigenvalue weighted by molar-refractivity contribution is 5.72. The zero-order valence-corrected chi connectivity index (χ0v) is 12.9. The number of hydrogen-bond donors (Lipinski definition) is 0. The Morgan fingerprint density at radius 2 is 1.30 bits per heavy atom. The first-order valence-corrected chi connectivity index (χ1v) is 7.89. The van der Waals surface area contributed by atoms with Gasteiger partial charge < -0.3 is 19.8 Å². The maximum atomic E-state index is 11.5. The molecule has 0 amide bonds. The molecule has 0 bridgehead atoms. The summed E-state index contributed by atoms with van der Waals surface area (Å²) in [6, 6.07) is 0. The normalized spacial score (nSPS) is 11.5. The highest BCUT2D eigenvalue weighted by atomic mass is 16.4. The Hall–Kier alpha value is -1.06. The average molecular weight is 284 g/mol. The van der Waals surface area contributed by atoms with Crippen LogP contribution in [0, 0.1) is 5.41 Å². The van der Waals surface area contributed by atoms with E-state index in [1.807, 2.05) is 13.8 Å². The van der Waals surface area contributed by atoms with E-state index in [-0.39, 0.29) is 6.42 Å². The molecule has 0 aliphatic carbocycles. The fourth-order valence-corrected chi connectivity index (χ4v) is 2.90. The largest absolute Gasteiger partial charge is 0.550 e. The number of aliphatic carboxylic acids is 2. The van der Waals surface area contributed by atoms with E-state index in [1.54, 1.807) is 0 Å². The predicted octanol–water partition coefficient (Wildman–Crippen LogP) is 1.80. The molecule has 0 spiro atoms. The molecule has 0 saturated heterocycles. The zero-order chi connectivity index (χ0) is 15.4. The number of hydrogen-bond acceptors (Lipinski definition) is 4.